The van der Waals surface area contributed by atoms with Crippen LogP contribution in [-0.2, 0) is 17.8 Å². The quantitative estimate of drug-likeness (QED) is 0.395. The standard InChI is InChI=1S/C19H29N5O/c1-3-20-19(21-10-7-13-25-4-2)22-15-17-8-5-9-18(14-17)16-24-12-6-11-23-24/h5-6,8-9,11-12,14H,3-4,7,10,13,15-16H2,1-2H3,(H2,20,21,22). The number of nitrogens with one attached hydrogen (secondary N) is 2. The second-order valence-electron chi connectivity index (χ2n) is 5.70. The zero-order valence-corrected chi connectivity index (χ0v) is 15.2. The van der Waals surface area contributed by atoms with Crippen LogP contribution in [0.5, 0.6) is 0 Å². The minimum Gasteiger partial charge on any atom is -0.382 e. The summed E-state index contributed by atoms with van der Waals surface area (Å²) in [6.45, 7) is 8.75. The lowest BCUT2D eigenvalue weighted by molar-refractivity contribution is 0.145. The Kier molecular flexibility index (Phi) is 8.55. The van der Waals surface area contributed by atoms with Gasteiger partial charge in [-0.2, -0.15) is 5.10 Å². The Balaban J connectivity index is 1.87. The van der Waals surface area contributed by atoms with Gasteiger partial charge in [0.2, 0.25) is 0 Å². The molecule has 0 spiro atoms. The van der Waals surface area contributed by atoms with Crippen molar-refractivity contribution in [2.75, 3.05) is 26.3 Å². The summed E-state index contributed by atoms with van der Waals surface area (Å²) in [5.74, 6) is 0.844. The van der Waals surface area contributed by atoms with Gasteiger partial charge in [-0.05, 0) is 37.5 Å². The summed E-state index contributed by atoms with van der Waals surface area (Å²) in [7, 11) is 0. The van der Waals surface area contributed by atoms with Gasteiger partial charge in [-0.25, -0.2) is 4.99 Å². The van der Waals surface area contributed by atoms with Crippen LogP contribution in [0.3, 0.4) is 0 Å². The SMILES string of the molecule is CCNC(=NCc1cccc(Cn2cccn2)c1)NCCCOCC. The Morgan fingerprint density at radius 3 is 2.84 bits per heavy atom. The van der Waals surface area contributed by atoms with Crippen LogP contribution in [0.2, 0.25) is 0 Å². The average Bonchev–Trinajstić information content (AvgIpc) is 3.13. The fraction of sp³-hybridized carbons (Fsp3) is 0.474. The topological polar surface area (TPSA) is 63.5 Å². The fourth-order valence-electron chi connectivity index (χ4n) is 2.44. The van der Waals surface area contributed by atoms with E-state index in [9.17, 15) is 0 Å². The maximum absolute atomic E-state index is 5.35. The van der Waals surface area contributed by atoms with Crippen molar-refractivity contribution in [1.29, 1.82) is 0 Å². The van der Waals surface area contributed by atoms with Gasteiger partial charge in [-0.15, -0.1) is 0 Å². The normalized spacial score (nSPS) is 11.5. The van der Waals surface area contributed by atoms with Crippen molar-refractivity contribution in [2.24, 2.45) is 4.99 Å². The van der Waals surface area contributed by atoms with Gasteiger partial charge in [0.1, 0.15) is 0 Å². The van der Waals surface area contributed by atoms with Gasteiger partial charge in [-0.3, -0.25) is 4.68 Å². The Hall–Kier alpha value is -2.34. The summed E-state index contributed by atoms with van der Waals surface area (Å²) < 4.78 is 7.28. The summed E-state index contributed by atoms with van der Waals surface area (Å²) in [4.78, 5) is 4.67. The number of guanidine groups is 1. The maximum atomic E-state index is 5.35. The molecule has 136 valence electrons. The Bertz CT molecular complexity index is 625. The van der Waals surface area contributed by atoms with Crippen LogP contribution in [-0.4, -0.2) is 42.0 Å². The van der Waals surface area contributed by atoms with E-state index in [1.165, 1.54) is 11.1 Å². The van der Waals surface area contributed by atoms with E-state index in [2.05, 4.69) is 51.9 Å². The van der Waals surface area contributed by atoms with E-state index in [0.717, 1.165) is 45.2 Å². The molecule has 0 aliphatic heterocycles. The largest absolute Gasteiger partial charge is 0.382 e. The zero-order chi connectivity index (χ0) is 17.7. The number of nitrogens with zero attached hydrogens (tertiary/aromatic N) is 3. The molecular weight excluding hydrogens is 314 g/mol. The molecule has 0 saturated heterocycles. The molecule has 0 radical (unpaired) electrons. The Morgan fingerprint density at radius 1 is 1.20 bits per heavy atom. The minimum atomic E-state index is 0.647. The van der Waals surface area contributed by atoms with Crippen LogP contribution in [0.1, 0.15) is 31.4 Å². The molecule has 6 nitrogen and oxygen atoms in total. The molecule has 6 heteroatoms. The highest BCUT2D eigenvalue weighted by atomic mass is 16.5. The van der Waals surface area contributed by atoms with E-state index < -0.39 is 0 Å². The monoisotopic (exact) mass is 343 g/mol. The lowest BCUT2D eigenvalue weighted by atomic mass is 10.1. The van der Waals surface area contributed by atoms with Crippen molar-refractivity contribution in [2.45, 2.75) is 33.4 Å². The molecule has 25 heavy (non-hydrogen) atoms. The van der Waals surface area contributed by atoms with Gasteiger partial charge in [0.25, 0.3) is 0 Å². The summed E-state index contributed by atoms with van der Waals surface area (Å²) in [6, 6.07) is 10.4. The number of aromatic nitrogens is 2. The number of benzene rings is 1. The molecule has 0 aliphatic carbocycles. The summed E-state index contributed by atoms with van der Waals surface area (Å²) in [6.07, 6.45) is 4.74. The molecule has 0 unspecified atom stereocenters. The number of hydrogen-bond acceptors (Lipinski definition) is 3. The van der Waals surface area contributed by atoms with E-state index in [4.69, 9.17) is 4.74 Å². The first-order valence-electron chi connectivity index (χ1n) is 8.97. The van der Waals surface area contributed by atoms with E-state index in [0.29, 0.717) is 6.54 Å². The van der Waals surface area contributed by atoms with E-state index in [1.807, 2.05) is 23.9 Å². The van der Waals surface area contributed by atoms with Gasteiger partial charge in [0.15, 0.2) is 5.96 Å². The first-order valence-corrected chi connectivity index (χ1v) is 8.97. The molecule has 0 aliphatic rings. The van der Waals surface area contributed by atoms with Gasteiger partial charge in [0.05, 0.1) is 13.1 Å². The second kappa shape index (κ2) is 11.3. The highest BCUT2D eigenvalue weighted by Gasteiger charge is 2.00. The first kappa shape index (κ1) is 19.0. The lowest BCUT2D eigenvalue weighted by Crippen LogP contribution is -2.38. The van der Waals surface area contributed by atoms with Crippen LogP contribution >= 0.6 is 0 Å². The number of rotatable bonds is 10. The third kappa shape index (κ3) is 7.39. The van der Waals surface area contributed by atoms with Crippen LogP contribution in [0, 0.1) is 0 Å². The van der Waals surface area contributed by atoms with Crippen molar-refractivity contribution in [3.05, 3.63) is 53.9 Å². The number of hydrogen-bond donors (Lipinski definition) is 2. The van der Waals surface area contributed by atoms with E-state index in [1.54, 1.807) is 6.20 Å². The van der Waals surface area contributed by atoms with E-state index in [-0.39, 0.29) is 0 Å². The molecule has 0 bridgehead atoms. The molecule has 2 aromatic rings. The third-order valence-corrected chi connectivity index (χ3v) is 3.62. The smallest absolute Gasteiger partial charge is 0.191 e. The van der Waals surface area contributed by atoms with Crippen molar-refractivity contribution in [3.8, 4) is 0 Å². The van der Waals surface area contributed by atoms with Crippen LogP contribution < -0.4 is 10.6 Å². The van der Waals surface area contributed by atoms with Crippen LogP contribution in [0.15, 0.2) is 47.7 Å². The molecule has 1 aromatic carbocycles. The summed E-state index contributed by atoms with van der Waals surface area (Å²) in [5, 5.41) is 10.9. The molecule has 1 aromatic heterocycles. The second-order valence-corrected chi connectivity index (χ2v) is 5.70. The molecule has 0 amide bonds. The summed E-state index contributed by atoms with van der Waals surface area (Å²) >= 11 is 0. The highest BCUT2D eigenvalue weighted by Crippen LogP contribution is 2.08. The number of aliphatic imine (C=N–C) groups is 1. The molecule has 2 rings (SSSR count). The lowest BCUT2D eigenvalue weighted by Gasteiger charge is -2.11. The Labute approximate surface area is 150 Å². The van der Waals surface area contributed by atoms with Crippen LogP contribution in [0.25, 0.3) is 0 Å². The predicted octanol–water partition coefficient (Wildman–Crippen LogP) is 2.41. The molecule has 2 N–H and O–H groups in total. The average molecular weight is 343 g/mol. The molecule has 1 heterocycles. The van der Waals surface area contributed by atoms with Gasteiger partial charge < -0.3 is 15.4 Å². The van der Waals surface area contributed by atoms with Crippen LogP contribution in [0.4, 0.5) is 0 Å². The predicted molar refractivity (Wildman–Crippen MR) is 102 cm³/mol. The van der Waals surface area contributed by atoms with E-state index >= 15 is 0 Å². The van der Waals surface area contributed by atoms with Crippen molar-refractivity contribution >= 4 is 5.96 Å². The maximum Gasteiger partial charge on any atom is 0.191 e. The fourth-order valence-corrected chi connectivity index (χ4v) is 2.44. The molecule has 0 atom stereocenters. The number of ether oxygens (including phenoxy) is 1. The minimum absolute atomic E-state index is 0.647. The third-order valence-electron chi connectivity index (χ3n) is 3.62. The first-order chi connectivity index (χ1) is 12.3. The van der Waals surface area contributed by atoms with Crippen molar-refractivity contribution < 1.29 is 4.74 Å². The summed E-state index contributed by atoms with van der Waals surface area (Å²) in [5.41, 5.74) is 2.42. The molecule has 0 saturated carbocycles. The van der Waals surface area contributed by atoms with Crippen molar-refractivity contribution in [3.63, 3.8) is 0 Å². The highest BCUT2D eigenvalue weighted by molar-refractivity contribution is 5.79. The van der Waals surface area contributed by atoms with Gasteiger partial charge >= 0.3 is 0 Å². The Morgan fingerprint density at radius 2 is 2.08 bits per heavy atom. The van der Waals surface area contributed by atoms with Gasteiger partial charge in [-0.1, -0.05) is 24.3 Å². The molecule has 0 fully saturated rings. The zero-order valence-electron chi connectivity index (χ0n) is 15.2. The van der Waals surface area contributed by atoms with Gasteiger partial charge in [0, 0.05) is 38.7 Å². The van der Waals surface area contributed by atoms with Crippen molar-refractivity contribution in [1.82, 2.24) is 20.4 Å². The molecular formula is C19H29N5O.